The van der Waals surface area contributed by atoms with Gasteiger partial charge in [0.15, 0.2) is 0 Å². The fourth-order valence-electron chi connectivity index (χ4n) is 2.10. The number of rotatable bonds is 9. The van der Waals surface area contributed by atoms with Crippen molar-refractivity contribution in [2.24, 2.45) is 11.7 Å². The minimum Gasteiger partial charge on any atom is -0.481 e. The van der Waals surface area contributed by atoms with Crippen molar-refractivity contribution in [1.29, 1.82) is 0 Å². The maximum atomic E-state index is 11.8. The Morgan fingerprint density at radius 3 is 2.23 bits per heavy atom. The zero-order chi connectivity index (χ0) is 19.9. The molecule has 146 valence electrons. The third kappa shape index (κ3) is 10.6. The summed E-state index contributed by atoms with van der Waals surface area (Å²) in [4.78, 5) is 22.6. The summed E-state index contributed by atoms with van der Waals surface area (Å²) in [5.41, 5.74) is 6.20. The van der Waals surface area contributed by atoms with Gasteiger partial charge in [-0.1, -0.05) is 45.1 Å². The number of hydrogen-bond donors (Lipinski definition) is 4. The Labute approximate surface area is 156 Å². The number of aliphatic carboxylic acids is 1. The fraction of sp³-hybridized carbons (Fsp3) is 0.500. The Morgan fingerprint density at radius 1 is 1.15 bits per heavy atom. The number of carbonyl (C=O) groups is 2. The maximum Gasteiger partial charge on any atom is 0.306 e. The van der Waals surface area contributed by atoms with Gasteiger partial charge in [0.25, 0.3) is 0 Å². The number of hydrogen-bond acceptors (Lipinski definition) is 4. The Bertz CT molecular complexity index is 550. The molecule has 0 aliphatic heterocycles. The summed E-state index contributed by atoms with van der Waals surface area (Å²) in [6, 6.07) is 7.77. The van der Waals surface area contributed by atoms with Crippen LogP contribution in [0.3, 0.4) is 0 Å². The number of carboxylic acid groups (broad SMARTS) is 1. The van der Waals surface area contributed by atoms with E-state index in [4.69, 9.17) is 5.11 Å². The standard InChI is InChI=1S/C17H22N2O3.C2H6.CH5N/c1-12(17(21)22)11-13-4-6-15(7-5-13)19-16(20)3-2-10-18-14-8-9-14;2*1-2/h4-9,12,14,18H,2-3,10-11H2,1H3,(H,19,20)(H,21,22);1-2H3;2H2,1H3. The fourth-order valence-corrected chi connectivity index (χ4v) is 2.10. The monoisotopic (exact) mass is 363 g/mol. The van der Waals surface area contributed by atoms with Crippen LogP contribution in [0.2, 0.25) is 0 Å². The molecule has 1 amide bonds. The SMILES string of the molecule is CC.CC(Cc1ccc(NC(=O)CCCNC2C=C2)cc1)C(=O)O.CN. The lowest BCUT2D eigenvalue weighted by molar-refractivity contribution is -0.141. The highest BCUT2D eigenvalue weighted by Crippen LogP contribution is 2.14. The molecule has 1 atom stereocenters. The van der Waals surface area contributed by atoms with Crippen molar-refractivity contribution in [3.05, 3.63) is 42.0 Å². The minimum absolute atomic E-state index is 0.00258. The van der Waals surface area contributed by atoms with Crippen LogP contribution >= 0.6 is 0 Å². The number of benzene rings is 1. The molecule has 0 saturated heterocycles. The summed E-state index contributed by atoms with van der Waals surface area (Å²) in [7, 11) is 1.50. The molecule has 26 heavy (non-hydrogen) atoms. The van der Waals surface area contributed by atoms with Crippen molar-refractivity contribution in [1.82, 2.24) is 5.32 Å². The number of carboxylic acids is 1. The van der Waals surface area contributed by atoms with Crippen LogP contribution in [0.4, 0.5) is 5.69 Å². The largest absolute Gasteiger partial charge is 0.481 e. The van der Waals surface area contributed by atoms with E-state index < -0.39 is 11.9 Å². The van der Waals surface area contributed by atoms with E-state index in [1.165, 1.54) is 7.05 Å². The first-order chi connectivity index (χ1) is 12.5. The highest BCUT2D eigenvalue weighted by atomic mass is 16.4. The molecule has 1 unspecified atom stereocenters. The molecular weight excluding hydrogens is 330 g/mol. The van der Waals surface area contributed by atoms with Crippen molar-refractivity contribution < 1.29 is 14.7 Å². The summed E-state index contributed by atoms with van der Waals surface area (Å²) in [6.07, 6.45) is 5.93. The van der Waals surface area contributed by atoms with Crippen LogP contribution < -0.4 is 16.4 Å². The van der Waals surface area contributed by atoms with E-state index in [2.05, 4.69) is 28.5 Å². The van der Waals surface area contributed by atoms with Crippen LogP contribution in [0, 0.1) is 5.92 Å². The summed E-state index contributed by atoms with van der Waals surface area (Å²) in [6.45, 7) is 6.51. The first kappa shape index (κ1) is 23.8. The third-order valence-electron chi connectivity index (χ3n) is 3.55. The number of amides is 1. The number of nitrogens with two attached hydrogens (primary N) is 1. The van der Waals surface area contributed by atoms with Crippen LogP contribution in [0.25, 0.3) is 0 Å². The van der Waals surface area contributed by atoms with E-state index in [-0.39, 0.29) is 5.91 Å². The smallest absolute Gasteiger partial charge is 0.306 e. The lowest BCUT2D eigenvalue weighted by Crippen LogP contribution is -2.20. The molecule has 0 bridgehead atoms. The van der Waals surface area contributed by atoms with Crippen LogP contribution in [-0.2, 0) is 16.0 Å². The molecule has 0 saturated carbocycles. The molecule has 1 aliphatic carbocycles. The van der Waals surface area contributed by atoms with Crippen LogP contribution in [0.5, 0.6) is 0 Å². The van der Waals surface area contributed by atoms with Crippen LogP contribution in [0.1, 0.15) is 39.2 Å². The number of anilines is 1. The average molecular weight is 364 g/mol. The molecule has 0 heterocycles. The average Bonchev–Trinajstić information content (AvgIpc) is 3.48. The second-order valence-corrected chi connectivity index (χ2v) is 5.66. The van der Waals surface area contributed by atoms with E-state index in [1.54, 1.807) is 6.92 Å². The van der Waals surface area contributed by atoms with E-state index in [9.17, 15) is 9.59 Å². The van der Waals surface area contributed by atoms with Gasteiger partial charge in [-0.3, -0.25) is 9.59 Å². The molecule has 1 aliphatic rings. The van der Waals surface area contributed by atoms with Crippen molar-refractivity contribution in [2.75, 3.05) is 18.9 Å². The number of carbonyl (C=O) groups excluding carboxylic acids is 1. The molecule has 1 aromatic rings. The van der Waals surface area contributed by atoms with Crippen molar-refractivity contribution >= 4 is 17.6 Å². The summed E-state index contributed by atoms with van der Waals surface area (Å²) in [5.74, 6) is -1.21. The van der Waals surface area contributed by atoms with Gasteiger partial charge in [-0.2, -0.15) is 0 Å². The Balaban J connectivity index is 0.00000146. The molecule has 0 spiro atoms. The molecule has 5 N–H and O–H groups in total. The van der Waals surface area contributed by atoms with Crippen LogP contribution in [0.15, 0.2) is 36.4 Å². The van der Waals surface area contributed by atoms with Crippen molar-refractivity contribution in [3.8, 4) is 0 Å². The summed E-state index contributed by atoms with van der Waals surface area (Å²) in [5, 5.41) is 15.0. The van der Waals surface area contributed by atoms with Gasteiger partial charge in [-0.15, -0.1) is 0 Å². The van der Waals surface area contributed by atoms with E-state index in [0.717, 1.165) is 24.2 Å². The minimum atomic E-state index is -0.799. The predicted octanol–water partition coefficient (Wildman–Crippen LogP) is 2.80. The van der Waals surface area contributed by atoms with E-state index >= 15 is 0 Å². The second kappa shape index (κ2) is 14.0. The highest BCUT2D eigenvalue weighted by Gasteiger charge is 2.12. The second-order valence-electron chi connectivity index (χ2n) is 5.66. The summed E-state index contributed by atoms with van der Waals surface area (Å²) < 4.78 is 0. The first-order valence-corrected chi connectivity index (χ1v) is 9.15. The maximum absolute atomic E-state index is 11.8. The molecule has 1 aromatic carbocycles. The predicted molar refractivity (Wildman–Crippen MR) is 107 cm³/mol. The quantitative estimate of drug-likeness (QED) is 0.399. The molecular formula is C20H33N3O3. The van der Waals surface area contributed by atoms with Gasteiger partial charge in [-0.05, 0) is 44.1 Å². The van der Waals surface area contributed by atoms with Gasteiger partial charge in [0.1, 0.15) is 0 Å². The Hall–Kier alpha value is -2.18. The zero-order valence-corrected chi connectivity index (χ0v) is 16.3. The Kier molecular flexibility index (Phi) is 12.9. The normalized spacial score (nSPS) is 12.8. The first-order valence-electron chi connectivity index (χ1n) is 9.15. The molecule has 6 nitrogen and oxygen atoms in total. The van der Waals surface area contributed by atoms with E-state index in [1.807, 2.05) is 38.1 Å². The summed E-state index contributed by atoms with van der Waals surface area (Å²) >= 11 is 0. The number of nitrogens with one attached hydrogen (secondary N) is 2. The van der Waals surface area contributed by atoms with Crippen LogP contribution in [-0.4, -0.2) is 36.6 Å². The van der Waals surface area contributed by atoms with Crippen molar-refractivity contribution in [2.45, 2.75) is 46.1 Å². The van der Waals surface area contributed by atoms with Gasteiger partial charge >= 0.3 is 5.97 Å². The molecule has 0 radical (unpaired) electrons. The topological polar surface area (TPSA) is 104 Å². The van der Waals surface area contributed by atoms with Gasteiger partial charge in [0.2, 0.25) is 5.91 Å². The Morgan fingerprint density at radius 2 is 1.73 bits per heavy atom. The zero-order valence-electron chi connectivity index (χ0n) is 16.3. The van der Waals surface area contributed by atoms with Gasteiger partial charge < -0.3 is 21.5 Å². The van der Waals surface area contributed by atoms with Gasteiger partial charge in [0, 0.05) is 18.2 Å². The highest BCUT2D eigenvalue weighted by molar-refractivity contribution is 5.90. The van der Waals surface area contributed by atoms with E-state index in [0.29, 0.717) is 18.9 Å². The van der Waals surface area contributed by atoms with Gasteiger partial charge in [0.05, 0.1) is 5.92 Å². The third-order valence-corrected chi connectivity index (χ3v) is 3.55. The molecule has 2 rings (SSSR count). The lowest BCUT2D eigenvalue weighted by atomic mass is 10.0. The molecule has 0 fully saturated rings. The lowest BCUT2D eigenvalue weighted by Gasteiger charge is -2.09. The molecule has 0 aromatic heterocycles. The van der Waals surface area contributed by atoms with Crippen molar-refractivity contribution in [3.63, 3.8) is 0 Å². The van der Waals surface area contributed by atoms with Gasteiger partial charge in [-0.25, -0.2) is 0 Å². The molecule has 6 heteroatoms.